The van der Waals surface area contributed by atoms with Gasteiger partial charge in [-0.05, 0) is 35.7 Å². The Morgan fingerprint density at radius 3 is 2.95 bits per heavy atom. The average Bonchev–Trinajstić information content (AvgIpc) is 2.95. The van der Waals surface area contributed by atoms with Crippen molar-refractivity contribution in [2.45, 2.75) is 6.42 Å². The molecule has 0 spiro atoms. The summed E-state index contributed by atoms with van der Waals surface area (Å²) in [5.41, 5.74) is 7.40. The van der Waals surface area contributed by atoms with Crippen LogP contribution in [0.15, 0.2) is 48.0 Å². The number of ether oxygens (including phenoxy) is 1. The van der Waals surface area contributed by atoms with Crippen LogP contribution in [0.3, 0.4) is 0 Å². The molecule has 1 aromatic carbocycles. The molecule has 0 unspecified atom stereocenters. The lowest BCUT2D eigenvalue weighted by Crippen LogP contribution is -2.01. The fourth-order valence-corrected chi connectivity index (χ4v) is 2.70. The van der Waals surface area contributed by atoms with Gasteiger partial charge < -0.3 is 10.5 Å². The van der Waals surface area contributed by atoms with Crippen LogP contribution in [-0.2, 0) is 6.42 Å². The molecule has 19 heavy (non-hydrogen) atoms. The summed E-state index contributed by atoms with van der Waals surface area (Å²) in [6.07, 6.45) is 2.66. The van der Waals surface area contributed by atoms with Gasteiger partial charge in [-0.25, -0.2) is 0 Å². The number of fused-ring (bicyclic) bond motifs is 1. The van der Waals surface area contributed by atoms with Crippen molar-refractivity contribution in [2.75, 3.05) is 12.3 Å². The van der Waals surface area contributed by atoms with Crippen molar-refractivity contribution in [3.8, 4) is 5.75 Å². The van der Waals surface area contributed by atoms with E-state index in [4.69, 9.17) is 10.5 Å². The van der Waals surface area contributed by atoms with E-state index in [1.807, 2.05) is 24.3 Å². The molecular formula is C15H14N2OS. The largest absolute Gasteiger partial charge is 0.493 e. The van der Waals surface area contributed by atoms with Gasteiger partial charge >= 0.3 is 0 Å². The summed E-state index contributed by atoms with van der Waals surface area (Å²) in [5.74, 6) is 0.842. The molecule has 3 rings (SSSR count). The highest BCUT2D eigenvalue weighted by Crippen LogP contribution is 2.28. The Labute approximate surface area is 115 Å². The van der Waals surface area contributed by atoms with Gasteiger partial charge in [0.2, 0.25) is 0 Å². The van der Waals surface area contributed by atoms with Crippen LogP contribution in [0.25, 0.3) is 10.9 Å². The monoisotopic (exact) mass is 270 g/mol. The number of nitrogen functional groups attached to an aromatic ring is 1. The van der Waals surface area contributed by atoms with E-state index in [1.54, 1.807) is 17.5 Å². The smallest absolute Gasteiger partial charge is 0.128 e. The molecule has 3 aromatic rings. The van der Waals surface area contributed by atoms with Gasteiger partial charge in [-0.2, -0.15) is 0 Å². The maximum Gasteiger partial charge on any atom is 0.128 e. The number of thiophene rings is 1. The van der Waals surface area contributed by atoms with Crippen LogP contribution in [0, 0.1) is 0 Å². The Hall–Kier alpha value is -2.07. The predicted octanol–water partition coefficient (Wildman–Crippen LogP) is 3.50. The first-order chi connectivity index (χ1) is 9.34. The van der Waals surface area contributed by atoms with Crippen LogP contribution in [0.4, 0.5) is 5.69 Å². The third kappa shape index (κ3) is 2.53. The maximum atomic E-state index is 5.91. The summed E-state index contributed by atoms with van der Waals surface area (Å²) < 4.78 is 5.86. The van der Waals surface area contributed by atoms with Gasteiger partial charge in [-0.3, -0.25) is 4.98 Å². The summed E-state index contributed by atoms with van der Waals surface area (Å²) in [7, 11) is 0. The number of aromatic nitrogens is 1. The van der Waals surface area contributed by atoms with Crippen molar-refractivity contribution >= 4 is 27.9 Å². The SMILES string of the molecule is Nc1ccc(OCCc2cccs2)c2cccnc12. The second kappa shape index (κ2) is 5.28. The van der Waals surface area contributed by atoms with E-state index in [0.29, 0.717) is 12.3 Å². The van der Waals surface area contributed by atoms with Crippen LogP contribution in [0.2, 0.25) is 0 Å². The molecule has 3 nitrogen and oxygen atoms in total. The summed E-state index contributed by atoms with van der Waals surface area (Å²) >= 11 is 1.75. The molecule has 4 heteroatoms. The fraction of sp³-hybridized carbons (Fsp3) is 0.133. The third-order valence-corrected chi connectivity index (χ3v) is 3.88. The van der Waals surface area contributed by atoms with Crippen molar-refractivity contribution < 1.29 is 4.74 Å². The molecule has 0 aliphatic heterocycles. The molecular weight excluding hydrogens is 256 g/mol. The number of nitrogens with zero attached hydrogens (tertiary/aromatic N) is 1. The highest BCUT2D eigenvalue weighted by Gasteiger charge is 2.05. The van der Waals surface area contributed by atoms with Gasteiger partial charge in [-0.15, -0.1) is 11.3 Å². The van der Waals surface area contributed by atoms with E-state index in [9.17, 15) is 0 Å². The van der Waals surface area contributed by atoms with Crippen LogP contribution in [0.1, 0.15) is 4.88 Å². The lowest BCUT2D eigenvalue weighted by Gasteiger charge is -2.09. The van der Waals surface area contributed by atoms with Crippen LogP contribution < -0.4 is 10.5 Å². The summed E-state index contributed by atoms with van der Waals surface area (Å²) in [6, 6.07) is 11.8. The predicted molar refractivity (Wildman–Crippen MR) is 79.7 cm³/mol. The minimum atomic E-state index is 0.661. The highest BCUT2D eigenvalue weighted by molar-refractivity contribution is 7.09. The minimum Gasteiger partial charge on any atom is -0.493 e. The Morgan fingerprint density at radius 1 is 1.16 bits per heavy atom. The first-order valence-electron chi connectivity index (χ1n) is 6.13. The van der Waals surface area contributed by atoms with E-state index < -0.39 is 0 Å². The zero-order valence-electron chi connectivity index (χ0n) is 10.4. The first-order valence-corrected chi connectivity index (χ1v) is 7.01. The average molecular weight is 270 g/mol. The number of anilines is 1. The lowest BCUT2D eigenvalue weighted by molar-refractivity contribution is 0.327. The molecule has 0 fully saturated rings. The third-order valence-electron chi connectivity index (χ3n) is 2.95. The topological polar surface area (TPSA) is 48.1 Å². The quantitative estimate of drug-likeness (QED) is 0.738. The van der Waals surface area contributed by atoms with Crippen LogP contribution >= 0.6 is 11.3 Å². The van der Waals surface area contributed by atoms with Crippen molar-refractivity contribution in [3.05, 3.63) is 52.9 Å². The van der Waals surface area contributed by atoms with Gasteiger partial charge in [0, 0.05) is 22.9 Å². The van der Waals surface area contributed by atoms with E-state index in [1.165, 1.54) is 4.88 Å². The molecule has 0 saturated carbocycles. The Morgan fingerprint density at radius 2 is 2.11 bits per heavy atom. The minimum absolute atomic E-state index is 0.661. The van der Waals surface area contributed by atoms with Gasteiger partial charge in [0.1, 0.15) is 5.75 Å². The van der Waals surface area contributed by atoms with E-state index in [-0.39, 0.29) is 0 Å². The van der Waals surface area contributed by atoms with Gasteiger partial charge in [0.15, 0.2) is 0 Å². The Kier molecular flexibility index (Phi) is 3.33. The maximum absolute atomic E-state index is 5.91. The Balaban J connectivity index is 1.79. The van der Waals surface area contributed by atoms with Crippen molar-refractivity contribution in [1.82, 2.24) is 4.98 Å². The van der Waals surface area contributed by atoms with Crippen molar-refractivity contribution in [2.24, 2.45) is 0 Å². The van der Waals surface area contributed by atoms with E-state index in [0.717, 1.165) is 23.1 Å². The highest BCUT2D eigenvalue weighted by atomic mass is 32.1. The van der Waals surface area contributed by atoms with Crippen molar-refractivity contribution in [1.29, 1.82) is 0 Å². The molecule has 0 aliphatic rings. The standard InChI is InChI=1S/C15H14N2OS/c16-13-5-6-14(12-4-1-8-17-15(12)13)18-9-7-11-3-2-10-19-11/h1-6,8,10H,7,9,16H2. The van der Waals surface area contributed by atoms with Crippen LogP contribution in [0.5, 0.6) is 5.75 Å². The summed E-state index contributed by atoms with van der Waals surface area (Å²) in [6.45, 7) is 0.661. The second-order valence-corrected chi connectivity index (χ2v) is 5.26. The molecule has 0 bridgehead atoms. The number of hydrogen-bond acceptors (Lipinski definition) is 4. The molecule has 2 heterocycles. The van der Waals surface area contributed by atoms with Gasteiger partial charge in [-0.1, -0.05) is 6.07 Å². The number of hydrogen-bond donors (Lipinski definition) is 1. The first kappa shape index (κ1) is 12.0. The molecule has 2 N–H and O–H groups in total. The number of pyridine rings is 1. The molecule has 0 aliphatic carbocycles. The lowest BCUT2D eigenvalue weighted by atomic mass is 10.2. The van der Waals surface area contributed by atoms with Crippen LogP contribution in [-0.4, -0.2) is 11.6 Å². The number of nitrogens with two attached hydrogens (primary N) is 1. The Bertz CT molecular complexity index is 680. The fourth-order valence-electron chi connectivity index (χ4n) is 2.01. The van der Waals surface area contributed by atoms with Gasteiger partial charge in [0.25, 0.3) is 0 Å². The molecule has 0 atom stereocenters. The van der Waals surface area contributed by atoms with E-state index in [2.05, 4.69) is 22.5 Å². The molecule has 0 saturated heterocycles. The summed E-state index contributed by atoms with van der Waals surface area (Å²) in [5, 5.41) is 3.05. The van der Waals surface area contributed by atoms with Crippen molar-refractivity contribution in [3.63, 3.8) is 0 Å². The zero-order chi connectivity index (χ0) is 13.1. The summed E-state index contributed by atoms with van der Waals surface area (Å²) in [4.78, 5) is 5.63. The number of rotatable bonds is 4. The zero-order valence-corrected chi connectivity index (χ0v) is 11.2. The normalized spacial score (nSPS) is 10.7. The van der Waals surface area contributed by atoms with E-state index >= 15 is 0 Å². The van der Waals surface area contributed by atoms with Gasteiger partial charge in [0.05, 0.1) is 17.8 Å². The molecule has 96 valence electrons. The molecule has 0 amide bonds. The molecule has 2 aromatic heterocycles. The second-order valence-electron chi connectivity index (χ2n) is 4.23. The molecule has 0 radical (unpaired) electrons. The number of benzene rings is 1.